The van der Waals surface area contributed by atoms with Crippen LogP contribution >= 0.6 is 20.6 Å². The van der Waals surface area contributed by atoms with Gasteiger partial charge in [-0.1, -0.05) is 0 Å². The van der Waals surface area contributed by atoms with Crippen LogP contribution in [0, 0.1) is 38.2 Å². The normalized spacial score (nSPS) is 11.1. The summed E-state index contributed by atoms with van der Waals surface area (Å²) in [7, 11) is 0. The molecule has 0 aliphatic carbocycles. The molecule has 0 fully saturated rings. The van der Waals surface area contributed by atoms with Gasteiger partial charge < -0.3 is 0 Å². The van der Waals surface area contributed by atoms with Gasteiger partial charge in [-0.05, 0) is 0 Å². The number of carbonyl (C=O) groups is 2. The van der Waals surface area contributed by atoms with Gasteiger partial charge in [0.25, 0.3) is 0 Å². The van der Waals surface area contributed by atoms with Crippen LogP contribution in [-0.4, -0.2) is 11.9 Å². The molecule has 0 radical (unpaired) electrons. The van der Waals surface area contributed by atoms with Gasteiger partial charge >= 0.3 is 128 Å². The van der Waals surface area contributed by atoms with E-state index in [4.69, 9.17) is 6.13 Å². The predicted molar refractivity (Wildman–Crippen MR) is 86.4 cm³/mol. The van der Waals surface area contributed by atoms with E-state index in [2.05, 4.69) is 6.92 Å². The third kappa shape index (κ3) is 3.50. The van der Waals surface area contributed by atoms with Crippen LogP contribution in [0.5, 0.6) is 0 Å². The monoisotopic (exact) mass is 392 g/mol. The molecule has 20 heavy (non-hydrogen) atoms. The molecule has 0 saturated carbocycles. The van der Waals surface area contributed by atoms with Crippen molar-refractivity contribution >= 4 is 32.6 Å². The number of halogens is 1. The molecule has 0 atom stereocenters. The Kier molecular flexibility index (Phi) is 5.56. The zero-order chi connectivity index (χ0) is 15.6. The van der Waals surface area contributed by atoms with E-state index in [1.54, 1.807) is 0 Å². The van der Waals surface area contributed by atoms with Gasteiger partial charge in [-0.2, -0.15) is 0 Å². The Hall–Kier alpha value is -1.11. The molecule has 0 aromatic heterocycles. The predicted octanol–water partition coefficient (Wildman–Crippen LogP) is 3.86. The van der Waals surface area contributed by atoms with Gasteiger partial charge in [-0.15, -0.1) is 0 Å². The number of hydrogen-bond acceptors (Lipinski definition) is 4. The molecular formula is C15H21IO4. The molecule has 5 heteroatoms. The molecule has 0 heterocycles. The van der Waals surface area contributed by atoms with Crippen molar-refractivity contribution in [2.75, 3.05) is 0 Å². The molecule has 1 rings (SSSR count). The first-order valence-electron chi connectivity index (χ1n) is 6.31. The standard InChI is InChI=1S/C15H21IO4/c1-8-9(2)11(4)15(12(5)10(8)3)16(19-13(6)17)20-14(7)18/h1-7H3. The summed E-state index contributed by atoms with van der Waals surface area (Å²) in [5.74, 6) is -0.822. The fraction of sp³-hybridized carbons (Fsp3) is 0.467. The molecule has 0 unspecified atom stereocenters. The van der Waals surface area contributed by atoms with Gasteiger partial charge in [-0.3, -0.25) is 0 Å². The summed E-state index contributed by atoms with van der Waals surface area (Å²) in [6.07, 6.45) is 0. The third-order valence-electron chi connectivity index (χ3n) is 3.42. The fourth-order valence-corrected chi connectivity index (χ4v) is 5.76. The molecule has 0 saturated heterocycles. The zero-order valence-electron chi connectivity index (χ0n) is 13.0. The topological polar surface area (TPSA) is 52.6 Å². The van der Waals surface area contributed by atoms with Crippen molar-refractivity contribution in [3.8, 4) is 0 Å². The van der Waals surface area contributed by atoms with Crippen LogP contribution < -0.4 is 0 Å². The van der Waals surface area contributed by atoms with Gasteiger partial charge in [-0.25, -0.2) is 0 Å². The van der Waals surface area contributed by atoms with E-state index < -0.39 is 32.6 Å². The van der Waals surface area contributed by atoms with Gasteiger partial charge in [0.1, 0.15) is 0 Å². The second kappa shape index (κ2) is 6.56. The number of benzene rings is 1. The molecule has 1 aromatic carbocycles. The van der Waals surface area contributed by atoms with Crippen molar-refractivity contribution in [1.82, 2.24) is 0 Å². The molecule has 0 amide bonds. The van der Waals surface area contributed by atoms with Crippen LogP contribution in [-0.2, 0) is 15.7 Å². The summed E-state index contributed by atoms with van der Waals surface area (Å²) in [5, 5.41) is 0. The maximum atomic E-state index is 11.3. The minimum atomic E-state index is -2.76. The summed E-state index contributed by atoms with van der Waals surface area (Å²) >= 11 is -2.76. The molecule has 1 aromatic rings. The van der Waals surface area contributed by atoms with E-state index in [-0.39, 0.29) is 0 Å². The Morgan fingerprint density at radius 1 is 0.700 bits per heavy atom. The Bertz CT molecular complexity index is 518. The van der Waals surface area contributed by atoms with Crippen LogP contribution in [0.15, 0.2) is 0 Å². The molecule has 0 aliphatic rings. The molecule has 0 bridgehead atoms. The van der Waals surface area contributed by atoms with Crippen molar-refractivity contribution in [3.05, 3.63) is 31.4 Å². The zero-order valence-corrected chi connectivity index (χ0v) is 15.2. The SMILES string of the molecule is CC(=O)OI(OC(C)=O)c1c(C)c(C)c(C)c(C)c1C. The van der Waals surface area contributed by atoms with Crippen molar-refractivity contribution in [1.29, 1.82) is 0 Å². The molecular weight excluding hydrogens is 371 g/mol. The first-order chi connectivity index (χ1) is 9.16. The minimum absolute atomic E-state index is 0.411. The van der Waals surface area contributed by atoms with E-state index in [1.807, 2.05) is 27.7 Å². The summed E-state index contributed by atoms with van der Waals surface area (Å²) in [5.41, 5.74) is 5.65. The van der Waals surface area contributed by atoms with E-state index in [0.717, 1.165) is 25.8 Å². The van der Waals surface area contributed by atoms with Crippen molar-refractivity contribution in [2.24, 2.45) is 0 Å². The summed E-state index contributed by atoms with van der Waals surface area (Å²) < 4.78 is 11.6. The van der Waals surface area contributed by atoms with Gasteiger partial charge in [0.2, 0.25) is 0 Å². The van der Waals surface area contributed by atoms with Crippen LogP contribution in [0.3, 0.4) is 0 Å². The van der Waals surface area contributed by atoms with Crippen LogP contribution in [0.25, 0.3) is 0 Å². The maximum absolute atomic E-state index is 11.3. The van der Waals surface area contributed by atoms with Crippen molar-refractivity contribution in [2.45, 2.75) is 48.5 Å². The average Bonchev–Trinajstić information content (AvgIpc) is 2.32. The van der Waals surface area contributed by atoms with Crippen LogP contribution in [0.4, 0.5) is 0 Å². The van der Waals surface area contributed by atoms with E-state index in [1.165, 1.54) is 19.4 Å². The molecule has 4 nitrogen and oxygen atoms in total. The van der Waals surface area contributed by atoms with Crippen LogP contribution in [0.2, 0.25) is 0 Å². The number of carbonyl (C=O) groups excluding carboxylic acids is 2. The quantitative estimate of drug-likeness (QED) is 0.734. The summed E-state index contributed by atoms with van der Waals surface area (Å²) in [6.45, 7) is 12.8. The molecule has 0 aliphatic heterocycles. The Morgan fingerprint density at radius 2 is 1.00 bits per heavy atom. The Morgan fingerprint density at radius 3 is 1.30 bits per heavy atom. The Labute approximate surface area is 128 Å². The molecule has 0 N–H and O–H groups in total. The molecule has 112 valence electrons. The summed E-state index contributed by atoms with van der Waals surface area (Å²) in [6, 6.07) is 0. The first kappa shape index (κ1) is 16.9. The second-order valence-electron chi connectivity index (χ2n) is 4.79. The number of hydrogen-bond donors (Lipinski definition) is 0. The Balaban J connectivity index is 3.46. The van der Waals surface area contributed by atoms with Crippen LogP contribution in [0.1, 0.15) is 41.7 Å². The summed E-state index contributed by atoms with van der Waals surface area (Å²) in [4.78, 5) is 22.6. The van der Waals surface area contributed by atoms with Gasteiger partial charge in [0.15, 0.2) is 0 Å². The van der Waals surface area contributed by atoms with Crippen molar-refractivity contribution < 1.29 is 15.7 Å². The second-order valence-corrected chi connectivity index (χ2v) is 7.99. The number of rotatable bonds is 3. The fourth-order valence-electron chi connectivity index (χ4n) is 1.98. The van der Waals surface area contributed by atoms with Gasteiger partial charge in [0.05, 0.1) is 0 Å². The van der Waals surface area contributed by atoms with Crippen molar-refractivity contribution in [3.63, 3.8) is 0 Å². The third-order valence-corrected chi connectivity index (χ3v) is 7.96. The molecule has 0 spiro atoms. The van der Waals surface area contributed by atoms with E-state index >= 15 is 0 Å². The van der Waals surface area contributed by atoms with E-state index in [9.17, 15) is 9.59 Å². The van der Waals surface area contributed by atoms with E-state index in [0.29, 0.717) is 0 Å². The average molecular weight is 392 g/mol. The van der Waals surface area contributed by atoms with Gasteiger partial charge in [0, 0.05) is 0 Å². The first-order valence-corrected chi connectivity index (χ1v) is 9.15.